The molecule has 84 valence electrons. The molecule has 15 heavy (non-hydrogen) atoms. The van der Waals surface area contributed by atoms with Gasteiger partial charge in [0.1, 0.15) is 3.70 Å². The van der Waals surface area contributed by atoms with E-state index < -0.39 is 0 Å². The van der Waals surface area contributed by atoms with Crippen LogP contribution in [0.5, 0.6) is 11.6 Å². The molecule has 0 spiro atoms. The third-order valence-electron chi connectivity index (χ3n) is 2.00. The monoisotopic (exact) mass is 321 g/mol. The molecule has 0 unspecified atom stereocenters. The van der Waals surface area contributed by atoms with Crippen molar-refractivity contribution in [3.8, 4) is 11.6 Å². The number of nitrogens with zero attached hydrogens (tertiary/aromatic N) is 1. The van der Waals surface area contributed by atoms with Crippen LogP contribution in [-0.4, -0.2) is 18.7 Å². The van der Waals surface area contributed by atoms with Gasteiger partial charge in [0.05, 0.1) is 13.7 Å². The van der Waals surface area contributed by atoms with E-state index >= 15 is 0 Å². The molecule has 3 nitrogen and oxygen atoms in total. The normalized spacial score (nSPS) is 10.1. The minimum atomic E-state index is 0.598. The van der Waals surface area contributed by atoms with E-state index in [1.54, 1.807) is 7.11 Å². The van der Waals surface area contributed by atoms with Crippen molar-refractivity contribution in [3.05, 3.63) is 15.8 Å². The summed E-state index contributed by atoms with van der Waals surface area (Å²) in [6, 6.07) is 3.78. The number of methoxy groups -OCH3 is 1. The van der Waals surface area contributed by atoms with Crippen molar-refractivity contribution in [1.82, 2.24) is 4.98 Å². The summed E-state index contributed by atoms with van der Waals surface area (Å²) in [7, 11) is 1.63. The predicted molar refractivity (Wildman–Crippen MR) is 68.5 cm³/mol. The number of halogens is 1. The lowest BCUT2D eigenvalue weighted by Gasteiger charge is -2.09. The second kappa shape index (κ2) is 6.87. The summed E-state index contributed by atoms with van der Waals surface area (Å²) < 4.78 is 11.7. The smallest absolute Gasteiger partial charge is 0.258 e. The van der Waals surface area contributed by atoms with Gasteiger partial charge in [-0.15, -0.1) is 0 Å². The molecule has 1 aromatic rings. The molecule has 0 aromatic carbocycles. The Kier molecular flexibility index (Phi) is 5.75. The topological polar surface area (TPSA) is 31.4 Å². The Hall–Kier alpha value is -0.520. The number of rotatable bonds is 6. The maximum atomic E-state index is 5.57. The minimum absolute atomic E-state index is 0.598. The average molecular weight is 321 g/mol. The predicted octanol–water partition coefficient (Wildman–Crippen LogP) is 3.26. The Morgan fingerprint density at radius 2 is 2.13 bits per heavy atom. The number of unbranched alkanes of at least 4 members (excludes halogenated alkanes) is 2. The number of ether oxygens (including phenoxy) is 2. The Morgan fingerprint density at radius 3 is 2.80 bits per heavy atom. The zero-order valence-electron chi connectivity index (χ0n) is 9.12. The van der Waals surface area contributed by atoms with Crippen molar-refractivity contribution >= 4 is 22.6 Å². The van der Waals surface area contributed by atoms with Crippen LogP contribution in [0, 0.1) is 3.70 Å². The molecule has 0 radical (unpaired) electrons. The van der Waals surface area contributed by atoms with E-state index in [4.69, 9.17) is 9.47 Å². The fraction of sp³-hybridized carbons (Fsp3) is 0.545. The van der Waals surface area contributed by atoms with Crippen LogP contribution in [0.3, 0.4) is 0 Å². The van der Waals surface area contributed by atoms with E-state index in [2.05, 4.69) is 34.5 Å². The molecule has 0 atom stereocenters. The fourth-order valence-corrected chi connectivity index (χ4v) is 1.58. The van der Waals surface area contributed by atoms with Crippen LogP contribution in [0.4, 0.5) is 0 Å². The number of hydrogen-bond donors (Lipinski definition) is 0. The van der Waals surface area contributed by atoms with Crippen LogP contribution in [0.25, 0.3) is 0 Å². The number of aromatic nitrogens is 1. The Labute approximate surface area is 104 Å². The van der Waals surface area contributed by atoms with E-state index in [0.29, 0.717) is 18.2 Å². The first-order chi connectivity index (χ1) is 7.27. The maximum Gasteiger partial charge on any atom is 0.258 e. The van der Waals surface area contributed by atoms with Crippen molar-refractivity contribution < 1.29 is 9.47 Å². The highest BCUT2D eigenvalue weighted by Crippen LogP contribution is 2.25. The highest BCUT2D eigenvalue weighted by Gasteiger charge is 2.05. The van der Waals surface area contributed by atoms with Crippen molar-refractivity contribution in [2.75, 3.05) is 13.7 Å². The second-order valence-corrected chi connectivity index (χ2v) is 4.30. The highest BCUT2D eigenvalue weighted by atomic mass is 127. The van der Waals surface area contributed by atoms with Gasteiger partial charge in [-0.3, -0.25) is 0 Å². The molecular formula is C11H16INO2. The van der Waals surface area contributed by atoms with E-state index in [1.807, 2.05) is 12.1 Å². The van der Waals surface area contributed by atoms with Gasteiger partial charge in [0, 0.05) is 0 Å². The minimum Gasteiger partial charge on any atom is -0.491 e. The van der Waals surface area contributed by atoms with Gasteiger partial charge in [0.15, 0.2) is 5.75 Å². The molecule has 1 aromatic heterocycles. The van der Waals surface area contributed by atoms with Crippen LogP contribution >= 0.6 is 22.6 Å². The molecule has 0 amide bonds. The number of pyridine rings is 1. The molecule has 0 bridgehead atoms. The molecular weight excluding hydrogens is 305 g/mol. The molecule has 1 heterocycles. The van der Waals surface area contributed by atoms with Crippen LogP contribution in [0.15, 0.2) is 12.1 Å². The first kappa shape index (κ1) is 12.5. The lowest BCUT2D eigenvalue weighted by atomic mass is 10.3. The Balaban J connectivity index is 2.54. The van der Waals surface area contributed by atoms with Crippen molar-refractivity contribution in [2.45, 2.75) is 26.2 Å². The van der Waals surface area contributed by atoms with Crippen molar-refractivity contribution in [2.24, 2.45) is 0 Å². The standard InChI is InChI=1S/C11H16INO2/c1-3-4-5-8-15-11-9(14-2)6-7-10(12)13-11/h6-7H,3-5,8H2,1-2H3. The van der Waals surface area contributed by atoms with Gasteiger partial charge in [0.25, 0.3) is 5.88 Å². The van der Waals surface area contributed by atoms with Gasteiger partial charge in [-0.05, 0) is 41.1 Å². The summed E-state index contributed by atoms with van der Waals surface area (Å²) in [5.41, 5.74) is 0. The zero-order valence-corrected chi connectivity index (χ0v) is 11.3. The van der Waals surface area contributed by atoms with Crippen molar-refractivity contribution in [1.29, 1.82) is 0 Å². The molecule has 1 rings (SSSR count). The summed E-state index contributed by atoms with van der Waals surface area (Å²) >= 11 is 2.16. The fourth-order valence-electron chi connectivity index (χ4n) is 1.18. The third kappa shape index (κ3) is 4.24. The van der Waals surface area contributed by atoms with Gasteiger partial charge < -0.3 is 9.47 Å². The molecule has 0 aliphatic carbocycles. The summed E-state index contributed by atoms with van der Waals surface area (Å²) in [5.74, 6) is 1.30. The summed E-state index contributed by atoms with van der Waals surface area (Å²) in [6.07, 6.45) is 3.44. The third-order valence-corrected chi connectivity index (χ3v) is 2.60. The molecule has 0 saturated carbocycles. The second-order valence-electron chi connectivity index (χ2n) is 3.20. The van der Waals surface area contributed by atoms with Crippen LogP contribution < -0.4 is 9.47 Å². The first-order valence-electron chi connectivity index (χ1n) is 5.11. The SMILES string of the molecule is CCCCCOc1nc(I)ccc1OC. The van der Waals surface area contributed by atoms with Gasteiger partial charge in [-0.2, -0.15) is 0 Å². The highest BCUT2D eigenvalue weighted by molar-refractivity contribution is 14.1. The largest absolute Gasteiger partial charge is 0.491 e. The number of hydrogen-bond acceptors (Lipinski definition) is 3. The summed E-state index contributed by atoms with van der Waals surface area (Å²) in [5, 5.41) is 0. The maximum absolute atomic E-state index is 5.57. The first-order valence-corrected chi connectivity index (χ1v) is 6.19. The van der Waals surface area contributed by atoms with E-state index in [0.717, 1.165) is 10.1 Å². The van der Waals surface area contributed by atoms with Gasteiger partial charge in [0.2, 0.25) is 0 Å². The van der Waals surface area contributed by atoms with Crippen LogP contribution in [0.2, 0.25) is 0 Å². The lowest BCUT2D eigenvalue weighted by molar-refractivity contribution is 0.274. The van der Waals surface area contributed by atoms with E-state index in [1.165, 1.54) is 12.8 Å². The quantitative estimate of drug-likeness (QED) is 0.458. The van der Waals surface area contributed by atoms with Crippen LogP contribution in [0.1, 0.15) is 26.2 Å². The van der Waals surface area contributed by atoms with Gasteiger partial charge >= 0.3 is 0 Å². The van der Waals surface area contributed by atoms with E-state index in [-0.39, 0.29) is 0 Å². The summed E-state index contributed by atoms with van der Waals surface area (Å²) in [4.78, 5) is 4.28. The Morgan fingerprint density at radius 1 is 1.33 bits per heavy atom. The lowest BCUT2D eigenvalue weighted by Crippen LogP contribution is -2.01. The molecule has 0 saturated heterocycles. The van der Waals surface area contributed by atoms with Crippen LogP contribution in [-0.2, 0) is 0 Å². The molecule has 0 aliphatic heterocycles. The van der Waals surface area contributed by atoms with Crippen molar-refractivity contribution in [3.63, 3.8) is 0 Å². The molecule has 0 fully saturated rings. The van der Waals surface area contributed by atoms with Gasteiger partial charge in [-0.25, -0.2) is 4.98 Å². The Bertz CT molecular complexity index is 305. The van der Waals surface area contributed by atoms with E-state index in [9.17, 15) is 0 Å². The van der Waals surface area contributed by atoms with Gasteiger partial charge in [-0.1, -0.05) is 19.8 Å². The molecule has 4 heteroatoms. The molecule has 0 N–H and O–H groups in total. The summed E-state index contributed by atoms with van der Waals surface area (Å²) in [6.45, 7) is 2.88. The average Bonchev–Trinajstić information content (AvgIpc) is 2.25. The zero-order chi connectivity index (χ0) is 11.1. The molecule has 0 aliphatic rings.